The van der Waals surface area contributed by atoms with E-state index in [1.165, 1.54) is 11.1 Å². The molecule has 0 saturated carbocycles. The van der Waals surface area contributed by atoms with Crippen LogP contribution < -0.4 is 11.1 Å². The molecule has 142 valence electrons. The first-order valence-electron chi connectivity index (χ1n) is 9.23. The van der Waals surface area contributed by atoms with Crippen LogP contribution in [-0.2, 0) is 13.0 Å². The first kappa shape index (κ1) is 19.5. The van der Waals surface area contributed by atoms with Crippen molar-refractivity contribution in [2.45, 2.75) is 19.4 Å². The summed E-state index contributed by atoms with van der Waals surface area (Å²) in [6.07, 6.45) is 2.14. The molecule has 1 aromatic heterocycles. The number of nitrogens with one attached hydrogen (secondary N) is 1. The van der Waals surface area contributed by atoms with Crippen LogP contribution in [0.15, 0.2) is 48.0 Å². The fraction of sp³-hybridized carbons (Fsp3) is 0.333. The van der Waals surface area contributed by atoms with Gasteiger partial charge in [-0.25, -0.2) is 4.98 Å². The molecule has 6 heteroatoms. The highest BCUT2D eigenvalue weighted by Gasteiger charge is 2.07. The molecular weight excluding hydrogens is 356 g/mol. The first-order chi connectivity index (χ1) is 13.2. The molecule has 0 radical (unpaired) electrons. The number of carbonyl (C=O) groups excluding carboxylic acids is 1. The molecule has 0 saturated heterocycles. The minimum absolute atomic E-state index is 0.0290. The molecular formula is C21H26N4OS. The fourth-order valence-corrected chi connectivity index (χ4v) is 3.68. The lowest BCUT2D eigenvalue weighted by atomic mass is 10.1. The molecule has 0 fully saturated rings. The zero-order valence-electron chi connectivity index (χ0n) is 15.6. The van der Waals surface area contributed by atoms with Crippen molar-refractivity contribution in [3.63, 3.8) is 0 Å². The molecule has 3 aromatic rings. The van der Waals surface area contributed by atoms with E-state index >= 15 is 0 Å². The van der Waals surface area contributed by atoms with E-state index in [2.05, 4.69) is 46.5 Å². The standard InChI is InChI=1S/C21H26N4OS/c1-25(11-2-3-16-4-6-17(14-22)7-5-16)12-10-23-21(26)18-8-9-19-20(13-18)27-15-24-19/h4-9,13,15H,2-3,10-12,14,22H2,1H3,(H,23,26). The number of carbonyl (C=O) groups is 1. The van der Waals surface area contributed by atoms with Crippen molar-refractivity contribution in [1.82, 2.24) is 15.2 Å². The molecule has 0 unspecified atom stereocenters. The summed E-state index contributed by atoms with van der Waals surface area (Å²) in [6.45, 7) is 3.07. The van der Waals surface area contributed by atoms with Crippen molar-refractivity contribution < 1.29 is 4.79 Å². The molecule has 27 heavy (non-hydrogen) atoms. The predicted molar refractivity (Wildman–Crippen MR) is 112 cm³/mol. The number of rotatable bonds is 9. The van der Waals surface area contributed by atoms with Crippen LogP contribution in [0.5, 0.6) is 0 Å². The van der Waals surface area contributed by atoms with Crippen LogP contribution in [-0.4, -0.2) is 42.5 Å². The number of aryl methyl sites for hydroxylation is 1. The van der Waals surface area contributed by atoms with Crippen molar-refractivity contribution in [1.29, 1.82) is 0 Å². The lowest BCUT2D eigenvalue weighted by Gasteiger charge is -2.17. The van der Waals surface area contributed by atoms with Gasteiger partial charge in [0, 0.05) is 25.2 Å². The Morgan fingerprint density at radius 1 is 1.15 bits per heavy atom. The number of benzene rings is 2. The molecule has 2 aromatic carbocycles. The summed E-state index contributed by atoms with van der Waals surface area (Å²) in [5, 5.41) is 3.00. The molecule has 0 atom stereocenters. The average molecular weight is 383 g/mol. The number of nitrogens with zero attached hydrogens (tertiary/aromatic N) is 2. The highest BCUT2D eigenvalue weighted by atomic mass is 32.1. The lowest BCUT2D eigenvalue weighted by Crippen LogP contribution is -2.33. The highest BCUT2D eigenvalue weighted by Crippen LogP contribution is 2.18. The van der Waals surface area contributed by atoms with E-state index in [1.54, 1.807) is 16.8 Å². The second kappa shape index (κ2) is 9.60. The molecule has 0 aliphatic carbocycles. The van der Waals surface area contributed by atoms with Gasteiger partial charge < -0.3 is 16.0 Å². The second-order valence-electron chi connectivity index (χ2n) is 6.72. The summed E-state index contributed by atoms with van der Waals surface area (Å²) < 4.78 is 1.04. The van der Waals surface area contributed by atoms with Crippen molar-refractivity contribution in [3.8, 4) is 0 Å². The fourth-order valence-electron chi connectivity index (χ4n) is 2.97. The van der Waals surface area contributed by atoms with Gasteiger partial charge in [-0.3, -0.25) is 4.79 Å². The van der Waals surface area contributed by atoms with E-state index in [-0.39, 0.29) is 5.91 Å². The van der Waals surface area contributed by atoms with Gasteiger partial charge in [-0.05, 0) is 55.8 Å². The molecule has 1 amide bonds. The van der Waals surface area contributed by atoms with E-state index in [0.717, 1.165) is 36.1 Å². The zero-order chi connectivity index (χ0) is 19.1. The summed E-state index contributed by atoms with van der Waals surface area (Å²) in [5.74, 6) is -0.0290. The summed E-state index contributed by atoms with van der Waals surface area (Å²) in [4.78, 5) is 18.8. The van der Waals surface area contributed by atoms with Gasteiger partial charge in [0.1, 0.15) is 0 Å². The van der Waals surface area contributed by atoms with Crippen molar-refractivity contribution >= 4 is 27.5 Å². The van der Waals surface area contributed by atoms with Crippen LogP contribution in [0.3, 0.4) is 0 Å². The number of thiazole rings is 1. The van der Waals surface area contributed by atoms with Gasteiger partial charge in [0.15, 0.2) is 0 Å². The van der Waals surface area contributed by atoms with E-state index in [4.69, 9.17) is 5.73 Å². The molecule has 0 spiro atoms. The second-order valence-corrected chi connectivity index (χ2v) is 7.60. The molecule has 0 bridgehead atoms. The third kappa shape index (κ3) is 5.60. The van der Waals surface area contributed by atoms with Crippen LogP contribution >= 0.6 is 11.3 Å². The smallest absolute Gasteiger partial charge is 0.251 e. The summed E-state index contributed by atoms with van der Waals surface area (Å²) >= 11 is 1.55. The Morgan fingerprint density at radius 3 is 2.70 bits per heavy atom. The first-order valence-corrected chi connectivity index (χ1v) is 10.1. The van der Waals surface area contributed by atoms with Crippen LogP contribution in [0.1, 0.15) is 27.9 Å². The maximum absolute atomic E-state index is 12.3. The van der Waals surface area contributed by atoms with Crippen LogP contribution in [0.25, 0.3) is 10.2 Å². The summed E-state index contributed by atoms with van der Waals surface area (Å²) in [7, 11) is 2.09. The number of likely N-dealkylation sites (N-methyl/N-ethyl adjacent to an activating group) is 1. The zero-order valence-corrected chi connectivity index (χ0v) is 16.5. The van der Waals surface area contributed by atoms with Gasteiger partial charge in [-0.15, -0.1) is 11.3 Å². The van der Waals surface area contributed by atoms with Gasteiger partial charge in [0.25, 0.3) is 5.91 Å². The van der Waals surface area contributed by atoms with Crippen molar-refractivity contribution in [2.75, 3.05) is 26.7 Å². The Kier molecular flexibility index (Phi) is 6.92. The minimum atomic E-state index is -0.0290. The van der Waals surface area contributed by atoms with Crippen LogP contribution in [0.4, 0.5) is 0 Å². The maximum Gasteiger partial charge on any atom is 0.251 e. The summed E-state index contributed by atoms with van der Waals surface area (Å²) in [6, 6.07) is 14.1. The van der Waals surface area contributed by atoms with Crippen molar-refractivity contribution in [2.24, 2.45) is 5.73 Å². The van der Waals surface area contributed by atoms with Gasteiger partial charge in [0.05, 0.1) is 15.7 Å². The van der Waals surface area contributed by atoms with E-state index in [0.29, 0.717) is 18.7 Å². The molecule has 5 nitrogen and oxygen atoms in total. The van der Waals surface area contributed by atoms with Gasteiger partial charge in [0.2, 0.25) is 0 Å². The number of nitrogens with two attached hydrogens (primary N) is 1. The quantitative estimate of drug-likeness (QED) is 0.597. The van der Waals surface area contributed by atoms with Crippen molar-refractivity contribution in [3.05, 3.63) is 64.7 Å². The highest BCUT2D eigenvalue weighted by molar-refractivity contribution is 7.16. The van der Waals surface area contributed by atoms with E-state index < -0.39 is 0 Å². The van der Waals surface area contributed by atoms with Gasteiger partial charge in [-0.1, -0.05) is 24.3 Å². The normalized spacial score (nSPS) is 11.2. The third-order valence-corrected chi connectivity index (χ3v) is 5.43. The Balaban J connectivity index is 1.35. The average Bonchev–Trinajstić information content (AvgIpc) is 3.16. The molecule has 1 heterocycles. The Morgan fingerprint density at radius 2 is 1.93 bits per heavy atom. The number of hydrogen-bond donors (Lipinski definition) is 2. The number of amides is 1. The Bertz CT molecular complexity index is 875. The molecule has 0 aliphatic rings. The summed E-state index contributed by atoms with van der Waals surface area (Å²) in [5.41, 5.74) is 11.6. The topological polar surface area (TPSA) is 71.2 Å². The monoisotopic (exact) mass is 382 g/mol. The Hall–Kier alpha value is -2.28. The SMILES string of the molecule is CN(CCCc1ccc(CN)cc1)CCNC(=O)c1ccc2ncsc2c1. The van der Waals surface area contributed by atoms with Crippen LogP contribution in [0.2, 0.25) is 0 Å². The van der Waals surface area contributed by atoms with Gasteiger partial charge in [-0.2, -0.15) is 0 Å². The van der Waals surface area contributed by atoms with E-state index in [1.807, 2.05) is 18.2 Å². The molecule has 3 rings (SSSR count). The number of aromatic nitrogens is 1. The van der Waals surface area contributed by atoms with Gasteiger partial charge >= 0.3 is 0 Å². The van der Waals surface area contributed by atoms with E-state index in [9.17, 15) is 4.79 Å². The largest absolute Gasteiger partial charge is 0.351 e. The molecule has 3 N–H and O–H groups in total. The number of hydrogen-bond acceptors (Lipinski definition) is 5. The maximum atomic E-state index is 12.3. The predicted octanol–water partition coefficient (Wildman–Crippen LogP) is 3.05. The molecule has 0 aliphatic heterocycles. The van der Waals surface area contributed by atoms with Crippen LogP contribution in [0, 0.1) is 0 Å². The minimum Gasteiger partial charge on any atom is -0.351 e. The lowest BCUT2D eigenvalue weighted by molar-refractivity contribution is 0.0950. The number of fused-ring (bicyclic) bond motifs is 1. The third-order valence-electron chi connectivity index (χ3n) is 4.64. The Labute approximate surface area is 164 Å².